The summed E-state index contributed by atoms with van der Waals surface area (Å²) in [6, 6.07) is 1.59. The Hall–Kier alpha value is -0.0800. The molecule has 2 N–H and O–H groups in total. The topological polar surface area (TPSA) is 24.1 Å². The minimum absolute atomic E-state index is 0.674. The van der Waals surface area contributed by atoms with Gasteiger partial charge in [-0.05, 0) is 69.4 Å². The SMILES string of the molecule is CCNC(C)CCNC1C2C3CCC(C3)C12. The molecule has 5 unspecified atom stereocenters. The second-order valence-corrected chi connectivity index (χ2v) is 6.22. The highest BCUT2D eigenvalue weighted by molar-refractivity contribution is 5.16. The van der Waals surface area contributed by atoms with Gasteiger partial charge in [0.25, 0.3) is 0 Å². The Bertz CT molecular complexity index is 237. The smallest absolute Gasteiger partial charge is 0.0136 e. The first kappa shape index (κ1) is 11.0. The average Bonchev–Trinajstić information content (AvgIpc) is 2.69. The van der Waals surface area contributed by atoms with Crippen LogP contribution in [0.5, 0.6) is 0 Å². The summed E-state index contributed by atoms with van der Waals surface area (Å²) in [6.45, 7) is 6.79. The van der Waals surface area contributed by atoms with Gasteiger partial charge in [0, 0.05) is 12.1 Å². The van der Waals surface area contributed by atoms with Crippen LogP contribution in [0.25, 0.3) is 0 Å². The summed E-state index contributed by atoms with van der Waals surface area (Å²) >= 11 is 0. The van der Waals surface area contributed by atoms with E-state index in [0.717, 1.165) is 36.3 Å². The van der Waals surface area contributed by atoms with E-state index in [1.54, 1.807) is 6.42 Å². The fourth-order valence-corrected chi connectivity index (χ4v) is 4.52. The Balaban J connectivity index is 1.36. The van der Waals surface area contributed by atoms with E-state index in [2.05, 4.69) is 24.5 Å². The molecule has 5 atom stereocenters. The Morgan fingerprint density at radius 3 is 2.50 bits per heavy atom. The maximum atomic E-state index is 3.81. The van der Waals surface area contributed by atoms with Crippen molar-refractivity contribution in [3.63, 3.8) is 0 Å². The molecule has 2 heteroatoms. The fourth-order valence-electron chi connectivity index (χ4n) is 4.52. The third kappa shape index (κ3) is 1.80. The summed E-state index contributed by atoms with van der Waals surface area (Å²) in [5, 5.41) is 7.29. The van der Waals surface area contributed by atoms with Crippen molar-refractivity contribution in [2.75, 3.05) is 13.1 Å². The molecule has 3 rings (SSSR count). The van der Waals surface area contributed by atoms with Crippen LogP contribution in [0.2, 0.25) is 0 Å². The van der Waals surface area contributed by atoms with Crippen molar-refractivity contribution in [1.82, 2.24) is 10.6 Å². The Morgan fingerprint density at radius 2 is 1.88 bits per heavy atom. The van der Waals surface area contributed by atoms with Gasteiger partial charge >= 0.3 is 0 Å². The molecule has 2 bridgehead atoms. The fraction of sp³-hybridized carbons (Fsp3) is 1.00. The predicted molar refractivity (Wildman–Crippen MR) is 67.4 cm³/mol. The molecule has 0 spiro atoms. The third-order valence-electron chi connectivity index (χ3n) is 5.25. The molecule has 92 valence electrons. The highest BCUT2D eigenvalue weighted by Crippen LogP contribution is 2.65. The van der Waals surface area contributed by atoms with Gasteiger partial charge in [0.2, 0.25) is 0 Å². The highest BCUT2D eigenvalue weighted by Gasteiger charge is 2.64. The lowest BCUT2D eigenvalue weighted by molar-refractivity contribution is 0.440. The van der Waals surface area contributed by atoms with E-state index in [0.29, 0.717) is 6.04 Å². The second-order valence-electron chi connectivity index (χ2n) is 6.22. The molecule has 16 heavy (non-hydrogen) atoms. The summed E-state index contributed by atoms with van der Waals surface area (Å²) in [6.07, 6.45) is 5.93. The minimum Gasteiger partial charge on any atom is -0.314 e. The first-order valence-electron chi connectivity index (χ1n) is 7.28. The zero-order valence-electron chi connectivity index (χ0n) is 10.7. The second kappa shape index (κ2) is 4.30. The summed E-state index contributed by atoms with van der Waals surface area (Å²) < 4.78 is 0. The van der Waals surface area contributed by atoms with Gasteiger partial charge in [-0.3, -0.25) is 0 Å². The van der Waals surface area contributed by atoms with Gasteiger partial charge < -0.3 is 10.6 Å². The van der Waals surface area contributed by atoms with Crippen LogP contribution in [0.4, 0.5) is 0 Å². The van der Waals surface area contributed by atoms with Gasteiger partial charge in [-0.25, -0.2) is 0 Å². The summed E-state index contributed by atoms with van der Waals surface area (Å²) in [5.41, 5.74) is 0. The monoisotopic (exact) mass is 222 g/mol. The zero-order chi connectivity index (χ0) is 11.1. The number of hydrogen-bond acceptors (Lipinski definition) is 2. The van der Waals surface area contributed by atoms with E-state index in [4.69, 9.17) is 0 Å². The van der Waals surface area contributed by atoms with Crippen LogP contribution in [0, 0.1) is 23.7 Å². The number of nitrogens with one attached hydrogen (secondary N) is 2. The van der Waals surface area contributed by atoms with Crippen LogP contribution in [0.15, 0.2) is 0 Å². The van der Waals surface area contributed by atoms with E-state index in [1.165, 1.54) is 25.8 Å². The van der Waals surface area contributed by atoms with Crippen LogP contribution in [-0.2, 0) is 0 Å². The molecule has 2 nitrogen and oxygen atoms in total. The molecule has 0 aromatic rings. The molecule has 0 saturated heterocycles. The van der Waals surface area contributed by atoms with E-state index in [9.17, 15) is 0 Å². The van der Waals surface area contributed by atoms with Crippen molar-refractivity contribution in [3.05, 3.63) is 0 Å². The van der Waals surface area contributed by atoms with Crippen LogP contribution in [0.3, 0.4) is 0 Å². The van der Waals surface area contributed by atoms with E-state index in [-0.39, 0.29) is 0 Å². The van der Waals surface area contributed by atoms with Gasteiger partial charge in [-0.15, -0.1) is 0 Å². The standard InChI is InChI=1S/C14H26N2/c1-3-15-9(2)6-7-16-14-12-10-4-5-11(8-10)13(12)14/h9-16H,3-8H2,1-2H3. The van der Waals surface area contributed by atoms with Crippen LogP contribution >= 0.6 is 0 Å². The number of hydrogen-bond donors (Lipinski definition) is 2. The Morgan fingerprint density at radius 1 is 1.19 bits per heavy atom. The van der Waals surface area contributed by atoms with Gasteiger partial charge in [0.1, 0.15) is 0 Å². The highest BCUT2D eigenvalue weighted by atomic mass is 15.0. The molecule has 0 aromatic carbocycles. The average molecular weight is 222 g/mol. The molecule has 3 aliphatic carbocycles. The molecule has 0 aromatic heterocycles. The van der Waals surface area contributed by atoms with E-state index >= 15 is 0 Å². The van der Waals surface area contributed by atoms with Crippen LogP contribution in [0.1, 0.15) is 39.5 Å². The molecule has 0 aliphatic heterocycles. The lowest BCUT2D eigenvalue weighted by Crippen LogP contribution is -2.32. The molecular weight excluding hydrogens is 196 g/mol. The zero-order valence-corrected chi connectivity index (χ0v) is 10.7. The normalized spacial score (nSPS) is 45.8. The molecule has 3 aliphatic rings. The molecular formula is C14H26N2. The first-order valence-corrected chi connectivity index (χ1v) is 7.28. The van der Waals surface area contributed by atoms with Crippen molar-refractivity contribution in [1.29, 1.82) is 0 Å². The summed E-state index contributed by atoms with van der Waals surface area (Å²) in [5.74, 6) is 4.40. The van der Waals surface area contributed by atoms with Gasteiger partial charge in [0.15, 0.2) is 0 Å². The largest absolute Gasteiger partial charge is 0.314 e. The van der Waals surface area contributed by atoms with Gasteiger partial charge in [-0.2, -0.15) is 0 Å². The quantitative estimate of drug-likeness (QED) is 0.718. The minimum atomic E-state index is 0.674. The third-order valence-corrected chi connectivity index (χ3v) is 5.25. The number of rotatable bonds is 6. The first-order chi connectivity index (χ1) is 7.81. The lowest BCUT2D eigenvalue weighted by Gasteiger charge is -2.14. The van der Waals surface area contributed by atoms with Gasteiger partial charge in [-0.1, -0.05) is 6.92 Å². The molecule has 3 saturated carbocycles. The molecule has 3 fully saturated rings. The maximum absolute atomic E-state index is 3.81. The summed E-state index contributed by atoms with van der Waals surface area (Å²) in [4.78, 5) is 0. The van der Waals surface area contributed by atoms with Crippen molar-refractivity contribution < 1.29 is 0 Å². The lowest BCUT2D eigenvalue weighted by atomic mass is 10.0. The van der Waals surface area contributed by atoms with Crippen LogP contribution in [-0.4, -0.2) is 25.2 Å². The van der Waals surface area contributed by atoms with E-state index < -0.39 is 0 Å². The van der Waals surface area contributed by atoms with Crippen molar-refractivity contribution in [3.8, 4) is 0 Å². The molecule has 0 radical (unpaired) electrons. The summed E-state index contributed by atoms with van der Waals surface area (Å²) in [7, 11) is 0. The van der Waals surface area contributed by atoms with Crippen molar-refractivity contribution >= 4 is 0 Å². The van der Waals surface area contributed by atoms with E-state index in [1.807, 2.05) is 0 Å². The molecule has 0 amide bonds. The van der Waals surface area contributed by atoms with Crippen molar-refractivity contribution in [2.24, 2.45) is 23.7 Å². The predicted octanol–water partition coefficient (Wildman–Crippen LogP) is 2.01. The van der Waals surface area contributed by atoms with Gasteiger partial charge in [0.05, 0.1) is 0 Å². The Labute approximate surface area is 99.6 Å². The van der Waals surface area contributed by atoms with Crippen LogP contribution < -0.4 is 10.6 Å². The molecule has 0 heterocycles. The maximum Gasteiger partial charge on any atom is 0.0136 e. The Kier molecular flexibility index (Phi) is 2.97. The van der Waals surface area contributed by atoms with Crippen molar-refractivity contribution in [2.45, 2.75) is 51.6 Å². The number of fused-ring (bicyclic) bond motifs is 5.